The molecule has 0 spiro atoms. The molecule has 3 aromatic rings. The lowest BCUT2D eigenvalue weighted by atomic mass is 10.1. The summed E-state index contributed by atoms with van der Waals surface area (Å²) in [5.41, 5.74) is 1.17. The highest BCUT2D eigenvalue weighted by Crippen LogP contribution is 2.38. The van der Waals surface area contributed by atoms with Crippen molar-refractivity contribution in [3.8, 4) is 0 Å². The van der Waals surface area contributed by atoms with Gasteiger partial charge < -0.3 is 15.0 Å². The molecule has 1 N–H and O–H groups in total. The molecule has 10 heteroatoms. The van der Waals surface area contributed by atoms with Crippen molar-refractivity contribution in [1.82, 2.24) is 9.88 Å². The van der Waals surface area contributed by atoms with Gasteiger partial charge in [0.05, 0.1) is 24.5 Å². The molecule has 0 saturated carbocycles. The molecular weight excluding hydrogens is 443 g/mol. The second kappa shape index (κ2) is 8.51. The third kappa shape index (κ3) is 4.33. The first-order valence-corrected chi connectivity index (χ1v) is 10.7. The molecule has 1 aliphatic heterocycles. The minimum Gasteiger partial charge on any atom is -0.378 e. The summed E-state index contributed by atoms with van der Waals surface area (Å²) in [5, 5.41) is 3.41. The van der Waals surface area contributed by atoms with E-state index in [1.807, 2.05) is 19.9 Å². The van der Waals surface area contributed by atoms with Crippen molar-refractivity contribution >= 4 is 39.1 Å². The van der Waals surface area contributed by atoms with Crippen LogP contribution >= 0.6 is 11.3 Å². The van der Waals surface area contributed by atoms with Gasteiger partial charge in [-0.05, 0) is 49.7 Å². The summed E-state index contributed by atoms with van der Waals surface area (Å²) in [6, 6.07) is 5.80. The first-order chi connectivity index (χ1) is 15.1. The summed E-state index contributed by atoms with van der Waals surface area (Å²) in [7, 11) is 0. The highest BCUT2D eigenvalue weighted by atomic mass is 32.1. The number of carbonyl (C=O) groups is 2. The number of rotatable bonds is 3. The van der Waals surface area contributed by atoms with Crippen LogP contribution in [-0.2, 0) is 10.9 Å². The largest absolute Gasteiger partial charge is 0.416 e. The Hall–Kier alpha value is -2.98. The number of anilines is 1. The van der Waals surface area contributed by atoms with Crippen molar-refractivity contribution in [2.45, 2.75) is 20.0 Å². The molecule has 1 saturated heterocycles. The number of aromatic nitrogens is 1. The normalized spacial score (nSPS) is 14.6. The van der Waals surface area contributed by atoms with Crippen molar-refractivity contribution in [2.75, 3.05) is 31.6 Å². The second-order valence-corrected chi connectivity index (χ2v) is 8.50. The smallest absolute Gasteiger partial charge is 0.378 e. The van der Waals surface area contributed by atoms with Gasteiger partial charge in [0, 0.05) is 29.7 Å². The third-order valence-corrected chi connectivity index (χ3v) is 6.26. The molecule has 0 aliphatic carbocycles. The van der Waals surface area contributed by atoms with E-state index in [1.165, 1.54) is 11.3 Å². The standard InChI is InChI=1S/C22H20F3N3O3S/c1-12-11-13(2)26-20-16(12)17(18(32-20)21(30)28-7-9-31-10-8-28)27-19(29)14-3-5-15(6-4-14)22(23,24)25/h3-6,11H,7-10H2,1-2H3,(H,27,29). The minimum absolute atomic E-state index is 0.0554. The van der Waals surface area contributed by atoms with E-state index in [0.29, 0.717) is 47.1 Å². The van der Waals surface area contributed by atoms with Crippen molar-refractivity contribution in [2.24, 2.45) is 0 Å². The predicted octanol–water partition coefficient (Wildman–Crippen LogP) is 4.66. The molecule has 2 aromatic heterocycles. The van der Waals surface area contributed by atoms with E-state index in [0.717, 1.165) is 35.5 Å². The van der Waals surface area contributed by atoms with Gasteiger partial charge in [0.1, 0.15) is 9.71 Å². The van der Waals surface area contributed by atoms with Crippen molar-refractivity contribution in [1.29, 1.82) is 0 Å². The Balaban J connectivity index is 1.73. The number of hydrogen-bond acceptors (Lipinski definition) is 5. The molecule has 0 atom stereocenters. The van der Waals surface area contributed by atoms with Crippen LogP contribution in [0.2, 0.25) is 0 Å². The van der Waals surface area contributed by atoms with Crippen LogP contribution in [0.25, 0.3) is 10.2 Å². The van der Waals surface area contributed by atoms with E-state index in [1.54, 1.807) is 4.90 Å². The SMILES string of the molecule is Cc1cc(C)c2c(NC(=O)c3ccc(C(F)(F)F)cc3)c(C(=O)N3CCOCC3)sc2n1. The fourth-order valence-corrected chi connectivity index (χ4v) is 4.84. The van der Waals surface area contributed by atoms with Gasteiger partial charge in [-0.15, -0.1) is 11.3 Å². The maximum absolute atomic E-state index is 13.2. The molecule has 168 valence electrons. The molecule has 1 fully saturated rings. The number of halogens is 3. The number of benzene rings is 1. The first-order valence-electron chi connectivity index (χ1n) is 9.91. The molecular formula is C22H20F3N3O3S. The average Bonchev–Trinajstić information content (AvgIpc) is 3.11. The molecule has 2 amide bonds. The summed E-state index contributed by atoms with van der Waals surface area (Å²) in [6.45, 7) is 5.44. The zero-order chi connectivity index (χ0) is 23.0. The van der Waals surface area contributed by atoms with Crippen LogP contribution in [0.5, 0.6) is 0 Å². The molecule has 1 aromatic carbocycles. The summed E-state index contributed by atoms with van der Waals surface area (Å²) < 4.78 is 43.8. The number of nitrogens with one attached hydrogen (secondary N) is 1. The van der Waals surface area contributed by atoms with Gasteiger partial charge in [-0.1, -0.05) is 0 Å². The number of carbonyl (C=O) groups excluding carboxylic acids is 2. The van der Waals surface area contributed by atoms with E-state index in [-0.39, 0.29) is 11.5 Å². The van der Waals surface area contributed by atoms with Crippen molar-refractivity contribution < 1.29 is 27.5 Å². The molecule has 6 nitrogen and oxygen atoms in total. The topological polar surface area (TPSA) is 71.5 Å². The van der Waals surface area contributed by atoms with E-state index < -0.39 is 17.6 Å². The number of fused-ring (bicyclic) bond motifs is 1. The van der Waals surface area contributed by atoms with Gasteiger partial charge in [-0.25, -0.2) is 4.98 Å². The zero-order valence-corrected chi connectivity index (χ0v) is 18.2. The number of ether oxygens (including phenoxy) is 1. The van der Waals surface area contributed by atoms with Crippen LogP contribution < -0.4 is 5.32 Å². The van der Waals surface area contributed by atoms with Crippen molar-refractivity contribution in [3.63, 3.8) is 0 Å². The maximum Gasteiger partial charge on any atom is 0.416 e. The number of thiophene rings is 1. The van der Waals surface area contributed by atoms with Gasteiger partial charge in [0.25, 0.3) is 11.8 Å². The molecule has 0 unspecified atom stereocenters. The number of hydrogen-bond donors (Lipinski definition) is 1. The summed E-state index contributed by atoms with van der Waals surface area (Å²) >= 11 is 1.19. The van der Waals surface area contributed by atoms with Crippen LogP contribution in [0.3, 0.4) is 0 Å². The van der Waals surface area contributed by atoms with Crippen LogP contribution in [0, 0.1) is 13.8 Å². The molecule has 0 radical (unpaired) electrons. The molecule has 1 aliphatic rings. The van der Waals surface area contributed by atoms with Gasteiger partial charge in [0.15, 0.2) is 0 Å². The molecule has 32 heavy (non-hydrogen) atoms. The van der Waals surface area contributed by atoms with E-state index in [4.69, 9.17) is 4.74 Å². The van der Waals surface area contributed by atoms with Crippen LogP contribution in [-0.4, -0.2) is 48.0 Å². The minimum atomic E-state index is -4.49. The summed E-state index contributed by atoms with van der Waals surface area (Å²) in [4.78, 5) is 33.2. The molecule has 4 rings (SSSR count). The Labute approximate surface area is 186 Å². The monoisotopic (exact) mass is 463 g/mol. The maximum atomic E-state index is 13.2. The number of pyridine rings is 1. The van der Waals surface area contributed by atoms with Crippen LogP contribution in [0.4, 0.5) is 18.9 Å². The van der Waals surface area contributed by atoms with Gasteiger partial charge in [-0.2, -0.15) is 13.2 Å². The zero-order valence-electron chi connectivity index (χ0n) is 17.4. The van der Waals surface area contributed by atoms with Crippen LogP contribution in [0.1, 0.15) is 36.9 Å². The Morgan fingerprint density at radius 1 is 1.12 bits per heavy atom. The van der Waals surface area contributed by atoms with E-state index >= 15 is 0 Å². The Kier molecular flexibility index (Phi) is 5.91. The predicted molar refractivity (Wildman–Crippen MR) is 115 cm³/mol. The van der Waals surface area contributed by atoms with Crippen molar-refractivity contribution in [3.05, 3.63) is 57.6 Å². The quantitative estimate of drug-likeness (QED) is 0.614. The molecule has 3 heterocycles. The lowest BCUT2D eigenvalue weighted by molar-refractivity contribution is -0.137. The summed E-state index contributed by atoms with van der Waals surface area (Å²) in [6.07, 6.45) is -4.49. The highest BCUT2D eigenvalue weighted by molar-refractivity contribution is 7.21. The molecule has 0 bridgehead atoms. The first kappa shape index (κ1) is 22.2. The Bertz CT molecular complexity index is 1180. The lowest BCUT2D eigenvalue weighted by Gasteiger charge is -2.26. The Morgan fingerprint density at radius 3 is 2.41 bits per heavy atom. The number of alkyl halides is 3. The number of morpholine rings is 1. The third-order valence-electron chi connectivity index (χ3n) is 5.19. The van der Waals surface area contributed by atoms with E-state index in [2.05, 4.69) is 10.3 Å². The fraction of sp³-hybridized carbons (Fsp3) is 0.318. The number of aryl methyl sites for hydroxylation is 2. The average molecular weight is 463 g/mol. The number of nitrogens with zero attached hydrogens (tertiary/aromatic N) is 2. The fourth-order valence-electron chi connectivity index (χ4n) is 3.62. The highest BCUT2D eigenvalue weighted by Gasteiger charge is 2.31. The lowest BCUT2D eigenvalue weighted by Crippen LogP contribution is -2.40. The van der Waals surface area contributed by atoms with E-state index in [9.17, 15) is 22.8 Å². The summed E-state index contributed by atoms with van der Waals surface area (Å²) in [5.74, 6) is -0.842. The van der Waals surface area contributed by atoms with Gasteiger partial charge in [0.2, 0.25) is 0 Å². The van der Waals surface area contributed by atoms with Gasteiger partial charge in [-0.3, -0.25) is 9.59 Å². The van der Waals surface area contributed by atoms with Gasteiger partial charge >= 0.3 is 6.18 Å². The number of amides is 2. The Morgan fingerprint density at radius 2 is 1.78 bits per heavy atom. The second-order valence-electron chi connectivity index (χ2n) is 7.50. The van der Waals surface area contributed by atoms with Crippen LogP contribution in [0.15, 0.2) is 30.3 Å².